The van der Waals surface area contributed by atoms with Crippen molar-refractivity contribution in [2.45, 2.75) is 77.2 Å². The van der Waals surface area contributed by atoms with Crippen molar-refractivity contribution in [3.05, 3.63) is 71.3 Å². The number of piperazine rings is 1. The maximum absolute atomic E-state index is 13.6. The number of carbonyl (C=O) groups excluding carboxylic acids is 3. The normalized spacial score (nSPS) is 19.5. The third kappa shape index (κ3) is 6.72. The summed E-state index contributed by atoms with van der Waals surface area (Å²) in [5, 5.41) is 0. The van der Waals surface area contributed by atoms with E-state index in [9.17, 15) is 14.4 Å². The van der Waals surface area contributed by atoms with Crippen LogP contribution in [-0.4, -0.2) is 64.4 Å². The topological polar surface area (TPSA) is 96.2 Å². The summed E-state index contributed by atoms with van der Waals surface area (Å²) in [4.78, 5) is 45.0. The molecule has 2 aromatic rings. The van der Waals surface area contributed by atoms with Gasteiger partial charge in [0, 0.05) is 19.5 Å². The second-order valence-corrected chi connectivity index (χ2v) is 10.2. The summed E-state index contributed by atoms with van der Waals surface area (Å²) in [6.45, 7) is 3.83. The number of ether oxygens (including phenoxy) is 1. The first kappa shape index (κ1) is 27.6. The Bertz CT molecular complexity index is 1080. The van der Waals surface area contributed by atoms with E-state index < -0.39 is 18.3 Å². The smallest absolute Gasteiger partial charge is 0.411 e. The Balaban J connectivity index is 1.48. The van der Waals surface area contributed by atoms with Crippen LogP contribution in [0, 0.1) is 0 Å². The molecule has 8 nitrogen and oxygen atoms in total. The van der Waals surface area contributed by atoms with Crippen molar-refractivity contribution in [2.24, 2.45) is 5.73 Å². The second-order valence-electron chi connectivity index (χ2n) is 10.2. The summed E-state index contributed by atoms with van der Waals surface area (Å²) < 4.78 is 5.72. The van der Waals surface area contributed by atoms with Gasteiger partial charge in [0.25, 0.3) is 0 Å². The molecule has 2 aromatic carbocycles. The zero-order valence-electron chi connectivity index (χ0n) is 22.4. The van der Waals surface area contributed by atoms with Crippen LogP contribution in [0.15, 0.2) is 54.6 Å². The van der Waals surface area contributed by atoms with Gasteiger partial charge in [-0.3, -0.25) is 14.5 Å². The maximum Gasteiger partial charge on any atom is 0.411 e. The zero-order chi connectivity index (χ0) is 26.9. The lowest BCUT2D eigenvalue weighted by molar-refractivity contribution is -0.169. The van der Waals surface area contributed by atoms with Crippen LogP contribution in [0.25, 0.3) is 0 Å². The number of fused-ring (bicyclic) bond motifs is 1. The molecule has 204 valence electrons. The van der Waals surface area contributed by atoms with Crippen LogP contribution in [-0.2, 0) is 33.9 Å². The van der Waals surface area contributed by atoms with Gasteiger partial charge in [0.2, 0.25) is 11.8 Å². The monoisotopic (exact) mass is 520 g/mol. The number of nitrogens with zero attached hydrogens (tertiary/aromatic N) is 3. The molecular weight excluding hydrogens is 480 g/mol. The van der Waals surface area contributed by atoms with Gasteiger partial charge < -0.3 is 20.3 Å². The van der Waals surface area contributed by atoms with Gasteiger partial charge in [0.15, 0.2) is 0 Å². The van der Waals surface area contributed by atoms with Crippen LogP contribution >= 0.6 is 0 Å². The summed E-state index contributed by atoms with van der Waals surface area (Å²) in [5.41, 5.74) is 8.90. The van der Waals surface area contributed by atoms with Crippen molar-refractivity contribution in [3.63, 3.8) is 0 Å². The Labute approximate surface area is 225 Å². The van der Waals surface area contributed by atoms with Gasteiger partial charge in [-0.2, -0.15) is 0 Å². The van der Waals surface area contributed by atoms with Gasteiger partial charge in [-0.1, -0.05) is 67.9 Å². The lowest BCUT2D eigenvalue weighted by Crippen LogP contribution is -2.71. The second kappa shape index (κ2) is 13.4. The molecule has 0 bridgehead atoms. The van der Waals surface area contributed by atoms with Crippen LogP contribution in [0.3, 0.4) is 0 Å². The summed E-state index contributed by atoms with van der Waals surface area (Å²) in [7, 11) is 0. The fourth-order valence-electron chi connectivity index (χ4n) is 5.31. The summed E-state index contributed by atoms with van der Waals surface area (Å²) in [5.74, 6) is -0.166. The molecule has 2 aliphatic heterocycles. The molecule has 2 fully saturated rings. The number of unbranched alkanes of at least 4 members (excludes halogenated alkanes) is 2. The molecule has 2 atom stereocenters. The molecule has 0 radical (unpaired) electrons. The fourth-order valence-corrected chi connectivity index (χ4v) is 5.31. The lowest BCUT2D eigenvalue weighted by Gasteiger charge is -2.52. The molecule has 3 amide bonds. The molecule has 1 unspecified atom stereocenters. The predicted octanol–water partition coefficient (Wildman–Crippen LogP) is 4.07. The maximum atomic E-state index is 13.6. The molecule has 2 heterocycles. The fraction of sp³-hybridized carbons (Fsp3) is 0.500. The molecule has 0 aliphatic carbocycles. The highest BCUT2D eigenvalue weighted by molar-refractivity contribution is 5.90. The SMILES string of the molecule is CCCCc1ccc(COC(=O)N2CCC(=O)N3C2CN(Cc2ccccc2)C(=O)[C@@H]3CCCCN)cc1. The van der Waals surface area contributed by atoms with Gasteiger partial charge in [-0.25, -0.2) is 4.79 Å². The molecule has 8 heteroatoms. The molecule has 2 aliphatic rings. The van der Waals surface area contributed by atoms with Crippen molar-refractivity contribution in [1.82, 2.24) is 14.7 Å². The van der Waals surface area contributed by atoms with Crippen LogP contribution in [0.4, 0.5) is 4.79 Å². The Kier molecular flexibility index (Phi) is 9.76. The van der Waals surface area contributed by atoms with E-state index in [-0.39, 0.29) is 37.9 Å². The first-order valence-electron chi connectivity index (χ1n) is 13.9. The highest BCUT2D eigenvalue weighted by Crippen LogP contribution is 2.29. The minimum absolute atomic E-state index is 0.0751. The number of carbonyl (C=O) groups is 3. The van der Waals surface area contributed by atoms with E-state index in [1.807, 2.05) is 42.5 Å². The number of benzene rings is 2. The Morgan fingerprint density at radius 1 is 0.974 bits per heavy atom. The number of hydrogen-bond acceptors (Lipinski definition) is 5. The first-order chi connectivity index (χ1) is 18.5. The van der Waals surface area contributed by atoms with Gasteiger partial charge in [0.1, 0.15) is 18.8 Å². The summed E-state index contributed by atoms with van der Waals surface area (Å²) in [6.07, 6.45) is 4.55. The van der Waals surface area contributed by atoms with E-state index in [0.29, 0.717) is 19.5 Å². The van der Waals surface area contributed by atoms with E-state index in [2.05, 4.69) is 19.1 Å². The van der Waals surface area contributed by atoms with Gasteiger partial charge in [-0.05, 0) is 55.3 Å². The van der Waals surface area contributed by atoms with Crippen LogP contribution < -0.4 is 5.73 Å². The number of rotatable bonds is 11. The largest absolute Gasteiger partial charge is 0.444 e. The molecule has 0 aromatic heterocycles. The van der Waals surface area contributed by atoms with Crippen LogP contribution in [0.5, 0.6) is 0 Å². The van der Waals surface area contributed by atoms with E-state index in [1.165, 1.54) is 5.56 Å². The average molecular weight is 521 g/mol. The first-order valence-corrected chi connectivity index (χ1v) is 13.9. The summed E-state index contributed by atoms with van der Waals surface area (Å²) in [6, 6.07) is 17.3. The summed E-state index contributed by atoms with van der Waals surface area (Å²) >= 11 is 0. The Hall–Kier alpha value is -3.39. The molecule has 2 N–H and O–H groups in total. The Morgan fingerprint density at radius 2 is 1.71 bits per heavy atom. The number of hydrogen-bond donors (Lipinski definition) is 1. The van der Waals surface area contributed by atoms with Gasteiger partial charge >= 0.3 is 6.09 Å². The van der Waals surface area contributed by atoms with Crippen molar-refractivity contribution in [1.29, 1.82) is 0 Å². The van der Waals surface area contributed by atoms with Gasteiger partial charge in [0.05, 0.1) is 6.54 Å². The van der Waals surface area contributed by atoms with Crippen molar-refractivity contribution >= 4 is 17.9 Å². The van der Waals surface area contributed by atoms with Crippen molar-refractivity contribution in [3.8, 4) is 0 Å². The van der Waals surface area contributed by atoms with Crippen molar-refractivity contribution in [2.75, 3.05) is 19.6 Å². The van der Waals surface area contributed by atoms with E-state index in [0.717, 1.165) is 43.2 Å². The van der Waals surface area contributed by atoms with E-state index in [4.69, 9.17) is 10.5 Å². The highest BCUT2D eigenvalue weighted by Gasteiger charge is 2.48. The van der Waals surface area contributed by atoms with Gasteiger partial charge in [-0.15, -0.1) is 0 Å². The quantitative estimate of drug-likeness (QED) is 0.451. The van der Waals surface area contributed by atoms with Crippen LogP contribution in [0.2, 0.25) is 0 Å². The predicted molar refractivity (Wildman–Crippen MR) is 146 cm³/mol. The highest BCUT2D eigenvalue weighted by atomic mass is 16.6. The minimum Gasteiger partial charge on any atom is -0.444 e. The third-order valence-electron chi connectivity index (χ3n) is 7.44. The van der Waals surface area contributed by atoms with E-state index in [1.54, 1.807) is 14.7 Å². The zero-order valence-corrected chi connectivity index (χ0v) is 22.4. The lowest BCUT2D eigenvalue weighted by atomic mass is 9.98. The van der Waals surface area contributed by atoms with E-state index >= 15 is 0 Å². The molecule has 4 rings (SSSR count). The van der Waals surface area contributed by atoms with Crippen LogP contribution in [0.1, 0.15) is 62.1 Å². The molecule has 0 spiro atoms. The minimum atomic E-state index is -0.609. The number of amides is 3. The molecule has 38 heavy (non-hydrogen) atoms. The Morgan fingerprint density at radius 3 is 2.42 bits per heavy atom. The number of nitrogens with two attached hydrogens (primary N) is 1. The van der Waals surface area contributed by atoms with Crippen molar-refractivity contribution < 1.29 is 19.1 Å². The standard InChI is InChI=1S/C30H40N4O4/c1-2-3-9-23-13-15-25(16-14-23)22-38-30(37)33-19-17-28(35)34-26(12-7-8-18-31)29(36)32(21-27(33)34)20-24-10-5-4-6-11-24/h4-6,10-11,13-16,26-27H,2-3,7-9,12,17-22,31H2,1H3/t26-,27?/m0/s1. The molecule has 2 saturated heterocycles. The average Bonchev–Trinajstić information content (AvgIpc) is 2.94. The molecule has 0 saturated carbocycles. The number of aryl methyl sites for hydroxylation is 1. The molecular formula is C30H40N4O4. The third-order valence-corrected chi connectivity index (χ3v) is 7.44.